The first-order valence-corrected chi connectivity index (χ1v) is 5.26. The van der Waals surface area contributed by atoms with Crippen molar-refractivity contribution >= 4 is 11.9 Å². The summed E-state index contributed by atoms with van der Waals surface area (Å²) in [4.78, 5) is 45.0. The molecule has 0 saturated heterocycles. The molecule has 19 heavy (non-hydrogen) atoms. The van der Waals surface area contributed by atoms with Crippen molar-refractivity contribution in [2.45, 2.75) is 12.6 Å². The van der Waals surface area contributed by atoms with Crippen molar-refractivity contribution in [3.05, 3.63) is 32.8 Å². The number of esters is 1. The molecule has 0 aliphatic rings. The van der Waals surface area contributed by atoms with E-state index in [4.69, 9.17) is 5.11 Å². The number of H-pyrrole nitrogens is 1. The summed E-state index contributed by atoms with van der Waals surface area (Å²) in [6.45, 7) is -1.12. The van der Waals surface area contributed by atoms with Crippen molar-refractivity contribution in [2.75, 3.05) is 13.7 Å². The second kappa shape index (κ2) is 6.50. The van der Waals surface area contributed by atoms with Gasteiger partial charge in [0.15, 0.2) is 6.04 Å². The standard InChI is InChI=1S/C10H13N3O6/c1-19-10(18)6(5-14)11-8(16)4-13-9(17)3-2-7(15)12-13/h2-3,6,14H,4-5H2,1H3,(H,11,16)(H,12,15). The fraction of sp³-hybridized carbons (Fsp3) is 0.400. The Kier molecular flexibility index (Phi) is 5.01. The predicted molar refractivity (Wildman–Crippen MR) is 62.4 cm³/mol. The SMILES string of the molecule is COC(=O)C(CO)NC(=O)Cn1[nH]c(=O)ccc1=O. The molecule has 0 radical (unpaired) electrons. The molecule has 9 nitrogen and oxygen atoms in total. The Bertz CT molecular complexity index is 575. The normalized spacial score (nSPS) is 11.7. The molecule has 9 heteroatoms. The minimum absolute atomic E-state index is 0.484. The average Bonchev–Trinajstić information content (AvgIpc) is 2.39. The first kappa shape index (κ1) is 14.6. The lowest BCUT2D eigenvalue weighted by atomic mass is 10.3. The van der Waals surface area contributed by atoms with Gasteiger partial charge in [-0.1, -0.05) is 0 Å². The predicted octanol–water partition coefficient (Wildman–Crippen LogP) is -2.81. The highest BCUT2D eigenvalue weighted by Gasteiger charge is 2.20. The molecule has 1 atom stereocenters. The molecule has 3 N–H and O–H groups in total. The summed E-state index contributed by atoms with van der Waals surface area (Å²) in [6, 6.07) is 0.820. The van der Waals surface area contributed by atoms with E-state index in [0.717, 1.165) is 23.9 Å². The van der Waals surface area contributed by atoms with Crippen molar-refractivity contribution in [1.29, 1.82) is 0 Å². The smallest absolute Gasteiger partial charge is 0.330 e. The number of hydrogen-bond donors (Lipinski definition) is 3. The van der Waals surface area contributed by atoms with Crippen molar-refractivity contribution in [2.24, 2.45) is 0 Å². The molecule has 104 valence electrons. The van der Waals surface area contributed by atoms with Crippen LogP contribution in [-0.4, -0.2) is 46.5 Å². The fourth-order valence-electron chi connectivity index (χ4n) is 1.28. The van der Waals surface area contributed by atoms with E-state index in [-0.39, 0.29) is 0 Å². The Morgan fingerprint density at radius 2 is 2.16 bits per heavy atom. The molecule has 1 unspecified atom stereocenters. The number of nitrogens with one attached hydrogen (secondary N) is 2. The van der Waals surface area contributed by atoms with Gasteiger partial charge in [0.05, 0.1) is 13.7 Å². The van der Waals surface area contributed by atoms with E-state index in [9.17, 15) is 19.2 Å². The van der Waals surface area contributed by atoms with Crippen molar-refractivity contribution in [3.8, 4) is 0 Å². The molecule has 0 aliphatic heterocycles. The van der Waals surface area contributed by atoms with E-state index >= 15 is 0 Å². The summed E-state index contributed by atoms with van der Waals surface area (Å²) in [5.41, 5.74) is -1.12. The third-order valence-corrected chi connectivity index (χ3v) is 2.19. The first-order chi connectivity index (χ1) is 8.97. The number of carbonyl (C=O) groups is 2. The Morgan fingerprint density at radius 1 is 1.47 bits per heavy atom. The summed E-state index contributed by atoms with van der Waals surface area (Å²) in [5.74, 6) is -1.54. The van der Waals surface area contributed by atoms with Gasteiger partial charge in [-0.25, -0.2) is 9.48 Å². The number of carbonyl (C=O) groups excluding carboxylic acids is 2. The van der Waals surface area contributed by atoms with Gasteiger partial charge in [0.25, 0.3) is 11.1 Å². The van der Waals surface area contributed by atoms with E-state index in [1.165, 1.54) is 0 Å². The number of aromatic nitrogens is 2. The lowest BCUT2D eigenvalue weighted by molar-refractivity contribution is -0.146. The molecule has 1 aromatic heterocycles. The quantitative estimate of drug-likeness (QED) is 0.495. The van der Waals surface area contributed by atoms with Crippen LogP contribution in [0.2, 0.25) is 0 Å². The molecule has 0 spiro atoms. The van der Waals surface area contributed by atoms with Crippen LogP contribution in [-0.2, 0) is 20.9 Å². The topological polar surface area (TPSA) is 130 Å². The summed E-state index contributed by atoms with van der Waals surface area (Å²) in [6.07, 6.45) is 0. The molecule has 0 aliphatic carbocycles. The van der Waals surface area contributed by atoms with Gasteiger partial charge in [0.2, 0.25) is 5.91 Å². The van der Waals surface area contributed by atoms with Gasteiger partial charge in [-0.05, 0) is 0 Å². The van der Waals surface area contributed by atoms with Crippen LogP contribution in [0, 0.1) is 0 Å². The second-order valence-corrected chi connectivity index (χ2v) is 3.56. The number of aromatic amines is 1. The van der Waals surface area contributed by atoms with Gasteiger partial charge in [0.1, 0.15) is 6.54 Å². The molecule has 1 aromatic rings. The number of nitrogens with zero attached hydrogens (tertiary/aromatic N) is 1. The zero-order chi connectivity index (χ0) is 14.4. The highest BCUT2D eigenvalue weighted by molar-refractivity contribution is 5.84. The lowest BCUT2D eigenvalue weighted by Crippen LogP contribution is -2.46. The fourth-order valence-corrected chi connectivity index (χ4v) is 1.28. The van der Waals surface area contributed by atoms with E-state index in [2.05, 4.69) is 15.2 Å². The van der Waals surface area contributed by atoms with E-state index in [1.807, 2.05) is 0 Å². The minimum atomic E-state index is -1.22. The Balaban J connectivity index is 2.75. The van der Waals surface area contributed by atoms with Gasteiger partial charge in [-0.2, -0.15) is 0 Å². The van der Waals surface area contributed by atoms with Crippen molar-refractivity contribution in [1.82, 2.24) is 15.1 Å². The Labute approximate surface area is 106 Å². The zero-order valence-corrected chi connectivity index (χ0v) is 10.1. The van der Waals surface area contributed by atoms with Crippen LogP contribution in [0.4, 0.5) is 0 Å². The number of amides is 1. The van der Waals surface area contributed by atoms with Crippen LogP contribution in [0.1, 0.15) is 0 Å². The maximum atomic E-state index is 11.6. The molecule has 1 rings (SSSR count). The molecule has 0 saturated carbocycles. The Morgan fingerprint density at radius 3 is 2.74 bits per heavy atom. The first-order valence-electron chi connectivity index (χ1n) is 5.26. The summed E-state index contributed by atoms with van der Waals surface area (Å²) in [5, 5.41) is 13.2. The third-order valence-electron chi connectivity index (χ3n) is 2.19. The van der Waals surface area contributed by atoms with Gasteiger partial charge in [-0.15, -0.1) is 0 Å². The van der Waals surface area contributed by atoms with Gasteiger partial charge in [0, 0.05) is 12.1 Å². The van der Waals surface area contributed by atoms with Gasteiger partial charge >= 0.3 is 5.97 Å². The largest absolute Gasteiger partial charge is 0.467 e. The average molecular weight is 271 g/mol. The van der Waals surface area contributed by atoms with Gasteiger partial charge in [-0.3, -0.25) is 19.5 Å². The maximum absolute atomic E-state index is 11.6. The van der Waals surface area contributed by atoms with Crippen LogP contribution >= 0.6 is 0 Å². The molecule has 0 fully saturated rings. The number of methoxy groups -OCH3 is 1. The minimum Gasteiger partial charge on any atom is -0.467 e. The van der Waals surface area contributed by atoms with Crippen LogP contribution in [0.3, 0.4) is 0 Å². The van der Waals surface area contributed by atoms with Crippen molar-refractivity contribution in [3.63, 3.8) is 0 Å². The summed E-state index contributed by atoms with van der Waals surface area (Å²) < 4.78 is 5.14. The molecular weight excluding hydrogens is 258 g/mol. The second-order valence-electron chi connectivity index (χ2n) is 3.56. The number of aliphatic hydroxyl groups excluding tert-OH is 1. The highest BCUT2D eigenvalue weighted by Crippen LogP contribution is 1.87. The third kappa shape index (κ3) is 4.07. The molecular formula is C10H13N3O6. The number of hydrogen-bond acceptors (Lipinski definition) is 6. The number of ether oxygens (including phenoxy) is 1. The Hall–Kier alpha value is -2.42. The number of aliphatic hydroxyl groups is 1. The van der Waals surface area contributed by atoms with E-state index < -0.39 is 42.2 Å². The van der Waals surface area contributed by atoms with E-state index in [1.54, 1.807) is 0 Å². The maximum Gasteiger partial charge on any atom is 0.330 e. The monoisotopic (exact) mass is 271 g/mol. The lowest BCUT2D eigenvalue weighted by Gasteiger charge is -2.14. The highest BCUT2D eigenvalue weighted by atomic mass is 16.5. The molecule has 1 amide bonds. The molecule has 0 aromatic carbocycles. The van der Waals surface area contributed by atoms with E-state index in [0.29, 0.717) is 0 Å². The molecule has 1 heterocycles. The van der Waals surface area contributed by atoms with Gasteiger partial charge < -0.3 is 15.2 Å². The number of rotatable bonds is 5. The summed E-state index contributed by atoms with van der Waals surface area (Å²) in [7, 11) is 1.11. The van der Waals surface area contributed by atoms with Crippen LogP contribution in [0.25, 0.3) is 0 Å². The van der Waals surface area contributed by atoms with Crippen LogP contribution < -0.4 is 16.4 Å². The van der Waals surface area contributed by atoms with Crippen LogP contribution in [0.15, 0.2) is 21.7 Å². The summed E-state index contributed by atoms with van der Waals surface area (Å²) >= 11 is 0. The molecule has 0 bridgehead atoms. The zero-order valence-electron chi connectivity index (χ0n) is 10.1. The van der Waals surface area contributed by atoms with Crippen molar-refractivity contribution < 1.29 is 19.4 Å². The van der Waals surface area contributed by atoms with Crippen LogP contribution in [0.5, 0.6) is 0 Å².